The molecule has 6 nitrogen and oxygen atoms in total. The Balaban J connectivity index is 3.05. The summed E-state index contributed by atoms with van der Waals surface area (Å²) in [5.41, 5.74) is 0.0186. The topological polar surface area (TPSA) is 88.1 Å². The van der Waals surface area contributed by atoms with Crippen LogP contribution in [-0.2, 0) is 16.0 Å². The van der Waals surface area contributed by atoms with E-state index in [2.05, 4.69) is 0 Å². The number of nitrogens with one attached hydrogen (secondary N) is 1. The molecule has 1 aromatic rings. The van der Waals surface area contributed by atoms with Crippen LogP contribution in [0.3, 0.4) is 0 Å². The minimum Gasteiger partial charge on any atom is -0.299 e. The maximum absolute atomic E-state index is 10.5. The van der Waals surface area contributed by atoms with Crippen LogP contribution in [0.2, 0.25) is 0 Å². The summed E-state index contributed by atoms with van der Waals surface area (Å²) in [7, 11) is -4.07. The van der Waals surface area contributed by atoms with E-state index >= 15 is 0 Å². The molecule has 0 atom stereocenters. The maximum Gasteiger partial charge on any atom is 0.283 e. The fourth-order valence-corrected chi connectivity index (χ4v) is 1.85. The monoisotopic (exact) mass is 223 g/mol. The lowest BCUT2D eigenvalue weighted by Crippen LogP contribution is -2.24. The Morgan fingerprint density at radius 3 is 2.62 bits per heavy atom. The predicted molar refractivity (Wildman–Crippen MR) is 48.7 cm³/mol. The zero-order valence-electron chi connectivity index (χ0n) is 6.84. The summed E-state index contributed by atoms with van der Waals surface area (Å²) in [5.74, 6) is -0.584. The molecular formula is C5H9N3O3S2. The third-order valence-electron chi connectivity index (χ3n) is 1.36. The van der Waals surface area contributed by atoms with Gasteiger partial charge in [0.05, 0.1) is 0 Å². The number of imidazole rings is 1. The first kappa shape index (κ1) is 10.4. The van der Waals surface area contributed by atoms with E-state index in [4.69, 9.17) is 9.96 Å². The predicted octanol–water partition coefficient (Wildman–Crippen LogP) is -0.260. The lowest BCUT2D eigenvalue weighted by Gasteiger charge is -1.98. The molecule has 0 saturated heterocycles. The van der Waals surface area contributed by atoms with Crippen molar-refractivity contribution in [1.29, 1.82) is 5.41 Å². The molecule has 0 fully saturated rings. The Morgan fingerprint density at radius 2 is 2.23 bits per heavy atom. The van der Waals surface area contributed by atoms with Gasteiger partial charge in [0.2, 0.25) is 5.62 Å². The fourth-order valence-electron chi connectivity index (χ4n) is 0.836. The number of aromatic nitrogens is 2. The van der Waals surface area contributed by atoms with Gasteiger partial charge >= 0.3 is 0 Å². The van der Waals surface area contributed by atoms with Crippen LogP contribution in [0.5, 0.6) is 0 Å². The first-order valence-electron chi connectivity index (χ1n) is 3.26. The zero-order chi connectivity index (χ0) is 10.1. The molecule has 13 heavy (non-hydrogen) atoms. The number of hydrogen-bond acceptors (Lipinski definition) is 4. The van der Waals surface area contributed by atoms with Gasteiger partial charge in [0.1, 0.15) is 0 Å². The van der Waals surface area contributed by atoms with Crippen molar-refractivity contribution in [2.24, 2.45) is 0 Å². The van der Waals surface area contributed by atoms with Gasteiger partial charge in [-0.3, -0.25) is 18.5 Å². The molecule has 0 unspecified atom stereocenters. The molecule has 0 radical (unpaired) electrons. The molecule has 1 rings (SSSR count). The highest BCUT2D eigenvalue weighted by atomic mass is 32.2. The average molecular weight is 223 g/mol. The number of hydrogen-bond donors (Lipinski definition) is 2. The molecule has 0 bridgehead atoms. The molecule has 0 amide bonds. The Labute approximate surface area is 79.6 Å². The summed E-state index contributed by atoms with van der Waals surface area (Å²) >= 11 is 1.27. The SMILES string of the molecule is CSn1ccn(CS(=O)(=O)O)c1=N. The summed E-state index contributed by atoms with van der Waals surface area (Å²) in [6.45, 7) is 0. The van der Waals surface area contributed by atoms with Gasteiger partial charge in [-0.2, -0.15) is 8.42 Å². The molecule has 1 aromatic heterocycles. The minimum atomic E-state index is -4.07. The Hall–Kier alpha value is -0.730. The Morgan fingerprint density at radius 1 is 1.62 bits per heavy atom. The summed E-state index contributed by atoms with van der Waals surface area (Å²) in [6, 6.07) is 0. The van der Waals surface area contributed by atoms with E-state index in [0.29, 0.717) is 0 Å². The van der Waals surface area contributed by atoms with Crippen molar-refractivity contribution in [2.75, 3.05) is 6.26 Å². The minimum absolute atomic E-state index is 0.0186. The van der Waals surface area contributed by atoms with Crippen LogP contribution < -0.4 is 5.62 Å². The smallest absolute Gasteiger partial charge is 0.283 e. The highest BCUT2D eigenvalue weighted by Gasteiger charge is 2.07. The van der Waals surface area contributed by atoms with E-state index in [0.717, 1.165) is 4.57 Å². The molecule has 0 aliphatic heterocycles. The average Bonchev–Trinajstić information content (AvgIpc) is 2.30. The molecule has 74 valence electrons. The van der Waals surface area contributed by atoms with Gasteiger partial charge in [-0.05, 0) is 11.9 Å². The summed E-state index contributed by atoms with van der Waals surface area (Å²) < 4.78 is 32.1. The van der Waals surface area contributed by atoms with Gasteiger partial charge in [0.25, 0.3) is 10.1 Å². The summed E-state index contributed by atoms with van der Waals surface area (Å²) in [4.78, 5) is 0. The highest BCUT2D eigenvalue weighted by Crippen LogP contribution is 1.96. The Kier molecular flexibility index (Phi) is 2.84. The van der Waals surface area contributed by atoms with E-state index in [1.54, 1.807) is 12.5 Å². The second kappa shape index (κ2) is 3.56. The van der Waals surface area contributed by atoms with Crippen molar-refractivity contribution in [3.63, 3.8) is 0 Å². The lowest BCUT2D eigenvalue weighted by molar-refractivity contribution is 0.469. The molecule has 0 aliphatic carbocycles. The molecule has 0 spiro atoms. The molecule has 2 N–H and O–H groups in total. The van der Waals surface area contributed by atoms with Crippen LogP contribution in [0.25, 0.3) is 0 Å². The number of rotatable bonds is 3. The van der Waals surface area contributed by atoms with Crippen LogP contribution in [0.4, 0.5) is 0 Å². The molecule has 0 aromatic carbocycles. The van der Waals surface area contributed by atoms with E-state index in [9.17, 15) is 8.42 Å². The molecule has 0 aliphatic rings. The van der Waals surface area contributed by atoms with Crippen molar-refractivity contribution in [2.45, 2.75) is 5.88 Å². The van der Waals surface area contributed by atoms with E-state index in [-0.39, 0.29) is 5.62 Å². The molecule has 1 heterocycles. The first-order chi connectivity index (χ1) is 5.94. The lowest BCUT2D eigenvalue weighted by atomic mass is 10.9. The number of nitrogens with zero attached hydrogens (tertiary/aromatic N) is 2. The third kappa shape index (κ3) is 2.61. The van der Waals surface area contributed by atoms with E-state index in [1.165, 1.54) is 22.1 Å². The van der Waals surface area contributed by atoms with Crippen LogP contribution >= 0.6 is 11.9 Å². The van der Waals surface area contributed by atoms with Crippen LogP contribution in [0, 0.1) is 5.41 Å². The van der Waals surface area contributed by atoms with Gasteiger partial charge in [-0.25, -0.2) is 0 Å². The van der Waals surface area contributed by atoms with Crippen molar-refractivity contribution in [3.05, 3.63) is 18.0 Å². The van der Waals surface area contributed by atoms with Crippen molar-refractivity contribution < 1.29 is 13.0 Å². The van der Waals surface area contributed by atoms with E-state index in [1.807, 2.05) is 0 Å². The second-order valence-corrected chi connectivity index (χ2v) is 4.49. The molecular weight excluding hydrogens is 214 g/mol. The largest absolute Gasteiger partial charge is 0.299 e. The van der Waals surface area contributed by atoms with Gasteiger partial charge in [0, 0.05) is 18.6 Å². The fraction of sp³-hybridized carbons (Fsp3) is 0.400. The van der Waals surface area contributed by atoms with Crippen molar-refractivity contribution >= 4 is 22.1 Å². The van der Waals surface area contributed by atoms with Gasteiger partial charge < -0.3 is 0 Å². The van der Waals surface area contributed by atoms with Crippen LogP contribution in [0.15, 0.2) is 12.4 Å². The Bertz CT molecular complexity index is 444. The van der Waals surface area contributed by atoms with Gasteiger partial charge in [-0.15, -0.1) is 0 Å². The standard InChI is InChI=1S/C5H9N3O3S2/c1-12-8-3-2-7(5(8)6)4-13(9,10)11/h2-3,6H,4H2,1H3,(H,9,10,11). The van der Waals surface area contributed by atoms with Crippen LogP contribution in [-0.4, -0.2) is 27.8 Å². The van der Waals surface area contributed by atoms with Gasteiger partial charge in [0.15, 0.2) is 5.88 Å². The van der Waals surface area contributed by atoms with Gasteiger partial charge in [-0.1, -0.05) is 0 Å². The van der Waals surface area contributed by atoms with E-state index < -0.39 is 16.0 Å². The first-order valence-corrected chi connectivity index (χ1v) is 6.05. The maximum atomic E-state index is 10.5. The summed E-state index contributed by atoms with van der Waals surface area (Å²) in [5, 5.41) is 7.44. The molecule has 8 heteroatoms. The summed E-state index contributed by atoms with van der Waals surface area (Å²) in [6.07, 6.45) is 4.74. The highest BCUT2D eigenvalue weighted by molar-refractivity contribution is 7.97. The molecule has 0 saturated carbocycles. The van der Waals surface area contributed by atoms with Crippen molar-refractivity contribution in [1.82, 2.24) is 8.54 Å². The van der Waals surface area contributed by atoms with Crippen LogP contribution in [0.1, 0.15) is 0 Å². The quantitative estimate of drug-likeness (QED) is 0.691. The van der Waals surface area contributed by atoms with Crippen molar-refractivity contribution in [3.8, 4) is 0 Å². The third-order valence-corrected chi connectivity index (χ3v) is 2.65. The zero-order valence-corrected chi connectivity index (χ0v) is 8.47. The normalized spacial score (nSPS) is 11.8. The second-order valence-electron chi connectivity index (χ2n) is 2.31.